The smallest absolute Gasteiger partial charge is 0.330 e. The van der Waals surface area contributed by atoms with Gasteiger partial charge in [0.2, 0.25) is 0 Å². The molecule has 0 aliphatic rings. The van der Waals surface area contributed by atoms with Gasteiger partial charge in [0.1, 0.15) is 0 Å². The summed E-state index contributed by atoms with van der Waals surface area (Å²) in [5, 5.41) is 0. The van der Waals surface area contributed by atoms with Crippen LogP contribution in [0.5, 0.6) is 0 Å². The van der Waals surface area contributed by atoms with Gasteiger partial charge in [0, 0.05) is 11.5 Å². The van der Waals surface area contributed by atoms with Crippen molar-refractivity contribution in [1.29, 1.82) is 0 Å². The van der Waals surface area contributed by atoms with Gasteiger partial charge >= 0.3 is 5.97 Å². The number of ether oxygens (including phenoxy) is 1. The van der Waals surface area contributed by atoms with E-state index in [4.69, 9.17) is 4.74 Å². The van der Waals surface area contributed by atoms with E-state index in [-0.39, 0.29) is 11.4 Å². The first kappa shape index (κ1) is 15.4. The van der Waals surface area contributed by atoms with E-state index in [1.807, 2.05) is 31.2 Å². The molecule has 0 radical (unpaired) electrons. The Morgan fingerprint density at radius 2 is 1.82 bits per heavy atom. The molecule has 0 amide bonds. The van der Waals surface area contributed by atoms with Crippen molar-refractivity contribution in [2.45, 2.75) is 26.2 Å². The molecule has 2 nitrogen and oxygen atoms in total. The average Bonchev–Trinajstić information content (AvgIpc) is 2.34. The molecule has 0 aromatic carbocycles. The molecule has 0 bridgehead atoms. The van der Waals surface area contributed by atoms with Crippen LogP contribution in [-0.2, 0) is 9.53 Å². The number of carbonyl (C=O) groups is 1. The third kappa shape index (κ3) is 5.91. The Morgan fingerprint density at radius 1 is 1.24 bits per heavy atom. The van der Waals surface area contributed by atoms with E-state index >= 15 is 0 Å². The summed E-state index contributed by atoms with van der Waals surface area (Å²) in [6.07, 6.45) is 11.0. The zero-order chi connectivity index (χ0) is 13.1. The Bertz CT molecular complexity index is 290. The minimum absolute atomic E-state index is 0.283. The number of allylic oxidation sites excluding steroid dienone is 4. The molecule has 0 saturated heterocycles. The lowest BCUT2D eigenvalue weighted by atomic mass is 9.81. The Hall–Kier alpha value is -1.57. The fourth-order valence-electron chi connectivity index (χ4n) is 1.48. The van der Waals surface area contributed by atoms with Gasteiger partial charge in [0.15, 0.2) is 0 Å². The zero-order valence-electron chi connectivity index (χ0n) is 10.7. The van der Waals surface area contributed by atoms with Crippen molar-refractivity contribution in [3.05, 3.63) is 50.1 Å². The van der Waals surface area contributed by atoms with Crippen LogP contribution in [0.15, 0.2) is 50.1 Å². The number of esters is 1. The van der Waals surface area contributed by atoms with Crippen LogP contribution < -0.4 is 0 Å². The minimum atomic E-state index is -0.314. The zero-order valence-corrected chi connectivity index (χ0v) is 10.7. The molecule has 0 atom stereocenters. The first-order valence-corrected chi connectivity index (χ1v) is 5.85. The second-order valence-corrected chi connectivity index (χ2v) is 3.92. The highest BCUT2D eigenvalue weighted by Gasteiger charge is 2.20. The molecule has 0 aromatic rings. The summed E-state index contributed by atoms with van der Waals surface area (Å²) in [6.45, 7) is 13.7. The summed E-state index contributed by atoms with van der Waals surface area (Å²) in [5.41, 5.74) is -0.283. The molecule has 17 heavy (non-hydrogen) atoms. The van der Waals surface area contributed by atoms with Gasteiger partial charge in [-0.2, -0.15) is 0 Å². The van der Waals surface area contributed by atoms with Crippen LogP contribution >= 0.6 is 0 Å². The van der Waals surface area contributed by atoms with Crippen molar-refractivity contribution >= 4 is 5.97 Å². The number of rotatable bonds is 9. The quantitative estimate of drug-likeness (QED) is 0.344. The van der Waals surface area contributed by atoms with Gasteiger partial charge in [-0.25, -0.2) is 4.79 Å². The molecule has 0 heterocycles. The van der Waals surface area contributed by atoms with Gasteiger partial charge in [-0.15, -0.1) is 19.7 Å². The van der Waals surface area contributed by atoms with Crippen molar-refractivity contribution < 1.29 is 9.53 Å². The number of hydrogen-bond donors (Lipinski definition) is 0. The van der Waals surface area contributed by atoms with Crippen LogP contribution in [-0.4, -0.2) is 12.6 Å². The first-order chi connectivity index (χ1) is 8.14. The van der Waals surface area contributed by atoms with Crippen LogP contribution in [0.2, 0.25) is 0 Å². The second-order valence-electron chi connectivity index (χ2n) is 3.92. The standard InChI is InChI=1S/C15H22O2/c1-5-10-15(8-4,11-6-2)12-9-14(16)17-13-7-3/h5-6,8-9,12H,1-2,4,7,10-11,13H2,3H3. The molecule has 0 aromatic heterocycles. The lowest BCUT2D eigenvalue weighted by Crippen LogP contribution is -2.13. The highest BCUT2D eigenvalue weighted by molar-refractivity contribution is 5.82. The molecule has 0 aliphatic carbocycles. The summed E-state index contributed by atoms with van der Waals surface area (Å²) in [5.74, 6) is -0.314. The SMILES string of the molecule is C=CCC(C=C)(C=CC(=O)OCCC)CC=C. The molecule has 0 saturated carbocycles. The average molecular weight is 234 g/mol. The van der Waals surface area contributed by atoms with Crippen LogP contribution in [0, 0.1) is 5.41 Å². The summed E-state index contributed by atoms with van der Waals surface area (Å²) in [6, 6.07) is 0. The minimum Gasteiger partial charge on any atom is -0.463 e. The number of hydrogen-bond acceptors (Lipinski definition) is 2. The van der Waals surface area contributed by atoms with E-state index in [9.17, 15) is 4.79 Å². The Labute approximate surface area is 104 Å². The predicted octanol–water partition coefficient (Wildman–Crippen LogP) is 3.82. The molecule has 2 heteroatoms. The molecule has 0 N–H and O–H groups in total. The second kappa shape index (κ2) is 8.57. The Balaban J connectivity index is 4.65. The highest BCUT2D eigenvalue weighted by atomic mass is 16.5. The van der Waals surface area contributed by atoms with Crippen molar-refractivity contribution in [3.63, 3.8) is 0 Å². The Morgan fingerprint density at radius 3 is 2.24 bits per heavy atom. The van der Waals surface area contributed by atoms with E-state index in [0.29, 0.717) is 6.61 Å². The fourth-order valence-corrected chi connectivity index (χ4v) is 1.48. The Kier molecular flexibility index (Phi) is 7.78. The normalized spacial score (nSPS) is 11.1. The maximum absolute atomic E-state index is 11.4. The van der Waals surface area contributed by atoms with Gasteiger partial charge in [0.25, 0.3) is 0 Å². The van der Waals surface area contributed by atoms with Crippen molar-refractivity contribution in [2.24, 2.45) is 5.41 Å². The monoisotopic (exact) mass is 234 g/mol. The van der Waals surface area contributed by atoms with Crippen LogP contribution in [0.3, 0.4) is 0 Å². The molecule has 94 valence electrons. The summed E-state index contributed by atoms with van der Waals surface area (Å²) >= 11 is 0. The van der Waals surface area contributed by atoms with Gasteiger partial charge < -0.3 is 4.74 Å². The van der Waals surface area contributed by atoms with Crippen molar-refractivity contribution in [3.8, 4) is 0 Å². The topological polar surface area (TPSA) is 26.3 Å². The fraction of sp³-hybridized carbons (Fsp3) is 0.400. The predicted molar refractivity (Wildman–Crippen MR) is 72.6 cm³/mol. The van der Waals surface area contributed by atoms with E-state index < -0.39 is 0 Å². The van der Waals surface area contributed by atoms with Gasteiger partial charge in [-0.1, -0.05) is 31.2 Å². The third-order valence-electron chi connectivity index (χ3n) is 2.46. The maximum Gasteiger partial charge on any atom is 0.330 e. The maximum atomic E-state index is 11.4. The summed E-state index contributed by atoms with van der Waals surface area (Å²) in [4.78, 5) is 11.4. The van der Waals surface area contributed by atoms with Crippen molar-refractivity contribution in [2.75, 3.05) is 6.61 Å². The highest BCUT2D eigenvalue weighted by Crippen LogP contribution is 2.30. The molecule has 0 rings (SSSR count). The number of carbonyl (C=O) groups excluding carboxylic acids is 1. The molecule has 0 fully saturated rings. The van der Waals surface area contributed by atoms with Crippen LogP contribution in [0.4, 0.5) is 0 Å². The molecular formula is C15H22O2. The van der Waals surface area contributed by atoms with Crippen LogP contribution in [0.25, 0.3) is 0 Å². The van der Waals surface area contributed by atoms with Crippen LogP contribution in [0.1, 0.15) is 26.2 Å². The lowest BCUT2D eigenvalue weighted by Gasteiger charge is -2.23. The van der Waals surface area contributed by atoms with Gasteiger partial charge in [0.05, 0.1) is 6.61 Å². The third-order valence-corrected chi connectivity index (χ3v) is 2.46. The van der Waals surface area contributed by atoms with E-state index in [1.54, 1.807) is 0 Å². The van der Waals surface area contributed by atoms with Gasteiger partial charge in [-0.05, 0) is 19.3 Å². The molecular weight excluding hydrogens is 212 g/mol. The summed E-state index contributed by atoms with van der Waals surface area (Å²) in [7, 11) is 0. The summed E-state index contributed by atoms with van der Waals surface area (Å²) < 4.78 is 4.98. The largest absolute Gasteiger partial charge is 0.463 e. The van der Waals surface area contributed by atoms with Gasteiger partial charge in [-0.3, -0.25) is 0 Å². The van der Waals surface area contributed by atoms with E-state index in [1.165, 1.54) is 6.08 Å². The first-order valence-electron chi connectivity index (χ1n) is 5.85. The molecule has 0 unspecified atom stereocenters. The van der Waals surface area contributed by atoms with E-state index in [2.05, 4.69) is 19.7 Å². The lowest BCUT2D eigenvalue weighted by molar-refractivity contribution is -0.137. The molecule has 0 aliphatic heterocycles. The van der Waals surface area contributed by atoms with E-state index in [0.717, 1.165) is 19.3 Å². The molecule has 0 spiro atoms. The van der Waals surface area contributed by atoms with Crippen molar-refractivity contribution in [1.82, 2.24) is 0 Å².